The Morgan fingerprint density at radius 2 is 1.82 bits per heavy atom. The SMILES string of the molecule is Cc1cc(C)c(C(O)C2CSCCS2)cc1C. The van der Waals surface area contributed by atoms with E-state index < -0.39 is 0 Å². The number of benzene rings is 1. The highest BCUT2D eigenvalue weighted by molar-refractivity contribution is 8.06. The molecule has 94 valence electrons. The van der Waals surface area contributed by atoms with E-state index >= 15 is 0 Å². The van der Waals surface area contributed by atoms with Crippen LogP contribution in [0.25, 0.3) is 0 Å². The van der Waals surface area contributed by atoms with E-state index in [9.17, 15) is 5.11 Å². The van der Waals surface area contributed by atoms with Gasteiger partial charge in [-0.05, 0) is 43.0 Å². The Kier molecular flexibility index (Phi) is 4.45. The molecule has 0 radical (unpaired) electrons. The van der Waals surface area contributed by atoms with Crippen LogP contribution in [-0.4, -0.2) is 27.6 Å². The Balaban J connectivity index is 2.23. The maximum Gasteiger partial charge on any atom is 0.0919 e. The molecule has 1 nitrogen and oxygen atoms in total. The van der Waals surface area contributed by atoms with Gasteiger partial charge < -0.3 is 5.11 Å². The van der Waals surface area contributed by atoms with Gasteiger partial charge in [-0.3, -0.25) is 0 Å². The summed E-state index contributed by atoms with van der Waals surface area (Å²) >= 11 is 3.87. The third-order valence-electron chi connectivity index (χ3n) is 3.39. The van der Waals surface area contributed by atoms with Gasteiger partial charge in [-0.15, -0.1) is 0 Å². The molecule has 1 heterocycles. The van der Waals surface area contributed by atoms with Crippen LogP contribution in [0.4, 0.5) is 0 Å². The fourth-order valence-corrected chi connectivity index (χ4v) is 4.93. The first kappa shape index (κ1) is 13.3. The van der Waals surface area contributed by atoms with Crippen LogP contribution in [0.2, 0.25) is 0 Å². The zero-order valence-corrected chi connectivity index (χ0v) is 12.3. The maximum absolute atomic E-state index is 10.5. The van der Waals surface area contributed by atoms with Crippen LogP contribution in [0.1, 0.15) is 28.4 Å². The predicted molar refractivity (Wildman–Crippen MR) is 79.2 cm³/mol. The minimum absolute atomic E-state index is 0.313. The van der Waals surface area contributed by atoms with Crippen molar-refractivity contribution in [2.24, 2.45) is 0 Å². The highest BCUT2D eigenvalue weighted by Gasteiger charge is 2.25. The zero-order valence-electron chi connectivity index (χ0n) is 10.7. The van der Waals surface area contributed by atoms with Gasteiger partial charge in [0.2, 0.25) is 0 Å². The smallest absolute Gasteiger partial charge is 0.0919 e. The van der Waals surface area contributed by atoms with Crippen molar-refractivity contribution in [1.29, 1.82) is 0 Å². The molecule has 1 aromatic carbocycles. The lowest BCUT2D eigenvalue weighted by Gasteiger charge is -2.27. The maximum atomic E-state index is 10.5. The van der Waals surface area contributed by atoms with Crippen LogP contribution in [0.3, 0.4) is 0 Å². The number of hydrogen-bond donors (Lipinski definition) is 1. The first-order chi connectivity index (χ1) is 8.09. The van der Waals surface area contributed by atoms with Crippen molar-refractivity contribution in [3.8, 4) is 0 Å². The summed E-state index contributed by atoms with van der Waals surface area (Å²) in [4.78, 5) is 0. The van der Waals surface area contributed by atoms with E-state index in [0.717, 1.165) is 17.1 Å². The van der Waals surface area contributed by atoms with Crippen molar-refractivity contribution in [3.05, 3.63) is 34.4 Å². The Labute approximate surface area is 112 Å². The molecule has 1 N–H and O–H groups in total. The standard InChI is InChI=1S/C14H20OS2/c1-9-6-11(3)12(7-10(9)2)14(15)13-8-16-4-5-17-13/h6-7,13-15H,4-5,8H2,1-3H3. The number of rotatable bonds is 2. The Bertz CT molecular complexity index is 397. The summed E-state index contributed by atoms with van der Waals surface area (Å²) in [7, 11) is 0. The van der Waals surface area contributed by atoms with E-state index in [0.29, 0.717) is 5.25 Å². The number of hydrogen-bond acceptors (Lipinski definition) is 3. The Morgan fingerprint density at radius 3 is 2.47 bits per heavy atom. The highest BCUT2D eigenvalue weighted by atomic mass is 32.2. The molecule has 1 aliphatic heterocycles. The summed E-state index contributed by atoms with van der Waals surface area (Å²) in [6.07, 6.45) is -0.313. The molecule has 2 unspecified atom stereocenters. The third kappa shape index (κ3) is 3.01. The molecule has 0 amide bonds. The lowest BCUT2D eigenvalue weighted by Crippen LogP contribution is -2.23. The van der Waals surface area contributed by atoms with Gasteiger partial charge in [0.25, 0.3) is 0 Å². The lowest BCUT2D eigenvalue weighted by atomic mass is 9.96. The molecule has 0 spiro atoms. The van der Waals surface area contributed by atoms with Crippen molar-refractivity contribution in [2.45, 2.75) is 32.1 Å². The second-order valence-corrected chi connectivity index (χ2v) is 7.22. The third-order valence-corrected chi connectivity index (χ3v) is 6.24. The summed E-state index contributed by atoms with van der Waals surface area (Å²) < 4.78 is 0. The van der Waals surface area contributed by atoms with E-state index in [2.05, 4.69) is 32.9 Å². The fraction of sp³-hybridized carbons (Fsp3) is 0.571. The average molecular weight is 268 g/mol. The van der Waals surface area contributed by atoms with Crippen LogP contribution < -0.4 is 0 Å². The molecule has 0 aliphatic carbocycles. The van der Waals surface area contributed by atoms with Gasteiger partial charge in [0, 0.05) is 22.5 Å². The molecule has 0 saturated carbocycles. The van der Waals surface area contributed by atoms with Crippen LogP contribution >= 0.6 is 23.5 Å². The summed E-state index contributed by atoms with van der Waals surface area (Å²) in [6, 6.07) is 4.35. The molecule has 2 rings (SSSR count). The van der Waals surface area contributed by atoms with Crippen molar-refractivity contribution in [3.63, 3.8) is 0 Å². The monoisotopic (exact) mass is 268 g/mol. The van der Waals surface area contributed by atoms with Crippen LogP contribution in [-0.2, 0) is 0 Å². The van der Waals surface area contributed by atoms with Gasteiger partial charge in [-0.1, -0.05) is 12.1 Å². The zero-order chi connectivity index (χ0) is 12.4. The fourth-order valence-electron chi connectivity index (χ4n) is 2.19. The molecule has 17 heavy (non-hydrogen) atoms. The molecular formula is C14H20OS2. The first-order valence-corrected chi connectivity index (χ1v) is 8.25. The van der Waals surface area contributed by atoms with Gasteiger partial charge in [-0.25, -0.2) is 0 Å². The molecular weight excluding hydrogens is 248 g/mol. The Hall–Kier alpha value is -0.120. The number of aryl methyl sites for hydroxylation is 3. The van der Waals surface area contributed by atoms with Gasteiger partial charge >= 0.3 is 0 Å². The molecule has 1 aliphatic rings. The van der Waals surface area contributed by atoms with E-state index in [1.165, 1.54) is 22.4 Å². The van der Waals surface area contributed by atoms with Crippen molar-refractivity contribution in [2.75, 3.05) is 17.3 Å². The Morgan fingerprint density at radius 1 is 1.12 bits per heavy atom. The molecule has 1 saturated heterocycles. The summed E-state index contributed by atoms with van der Waals surface area (Å²) in [6.45, 7) is 6.35. The largest absolute Gasteiger partial charge is 0.387 e. The highest BCUT2D eigenvalue weighted by Crippen LogP contribution is 2.35. The predicted octanol–water partition coefficient (Wildman–Crippen LogP) is 3.49. The van der Waals surface area contributed by atoms with Crippen molar-refractivity contribution >= 4 is 23.5 Å². The van der Waals surface area contributed by atoms with E-state index in [1.54, 1.807) is 0 Å². The molecule has 0 bridgehead atoms. The van der Waals surface area contributed by atoms with Crippen molar-refractivity contribution < 1.29 is 5.11 Å². The number of thioether (sulfide) groups is 2. The first-order valence-electron chi connectivity index (χ1n) is 6.04. The van der Waals surface area contributed by atoms with Crippen LogP contribution in [0.15, 0.2) is 12.1 Å². The van der Waals surface area contributed by atoms with Crippen LogP contribution in [0.5, 0.6) is 0 Å². The van der Waals surface area contributed by atoms with Gasteiger partial charge in [0.1, 0.15) is 0 Å². The summed E-state index contributed by atoms with van der Waals surface area (Å²) in [5.41, 5.74) is 4.92. The second kappa shape index (κ2) is 5.68. The summed E-state index contributed by atoms with van der Waals surface area (Å²) in [5.74, 6) is 3.45. The van der Waals surface area contributed by atoms with E-state index in [4.69, 9.17) is 0 Å². The molecule has 1 aromatic rings. The second-order valence-electron chi connectivity index (χ2n) is 4.72. The minimum Gasteiger partial charge on any atom is -0.387 e. The van der Waals surface area contributed by atoms with Gasteiger partial charge in [-0.2, -0.15) is 23.5 Å². The van der Waals surface area contributed by atoms with E-state index in [1.807, 2.05) is 23.5 Å². The summed E-state index contributed by atoms with van der Waals surface area (Å²) in [5, 5.41) is 10.9. The molecule has 3 heteroatoms. The van der Waals surface area contributed by atoms with Gasteiger partial charge in [0.15, 0.2) is 0 Å². The average Bonchev–Trinajstić information content (AvgIpc) is 2.34. The minimum atomic E-state index is -0.313. The number of aliphatic hydroxyl groups is 1. The van der Waals surface area contributed by atoms with Crippen molar-refractivity contribution in [1.82, 2.24) is 0 Å². The van der Waals surface area contributed by atoms with Gasteiger partial charge in [0.05, 0.1) is 6.10 Å². The number of aliphatic hydroxyl groups excluding tert-OH is 1. The normalized spacial score (nSPS) is 22.5. The molecule has 2 atom stereocenters. The lowest BCUT2D eigenvalue weighted by molar-refractivity contribution is 0.179. The quantitative estimate of drug-likeness (QED) is 0.886. The molecule has 1 fully saturated rings. The topological polar surface area (TPSA) is 20.2 Å². The van der Waals surface area contributed by atoms with Crippen LogP contribution in [0, 0.1) is 20.8 Å². The molecule has 0 aromatic heterocycles. The van der Waals surface area contributed by atoms with E-state index in [-0.39, 0.29) is 6.10 Å².